The summed E-state index contributed by atoms with van der Waals surface area (Å²) in [6, 6.07) is 4.39. The molecule has 6 heteroatoms. The van der Waals surface area contributed by atoms with Crippen molar-refractivity contribution >= 4 is 26.9 Å². The second-order valence-electron chi connectivity index (χ2n) is 4.38. The molecule has 0 amide bonds. The van der Waals surface area contributed by atoms with Crippen molar-refractivity contribution in [3.63, 3.8) is 0 Å². The first-order valence-corrected chi connectivity index (χ1v) is 8.13. The fourth-order valence-electron chi connectivity index (χ4n) is 1.74. The van der Waals surface area contributed by atoms with Crippen molar-refractivity contribution in [3.05, 3.63) is 29.3 Å². The third-order valence-corrected chi connectivity index (χ3v) is 5.50. The molecule has 98 valence electrons. The number of aryl methyl sites for hydroxylation is 2. The number of hydrogen-bond donors (Lipinski definition) is 1. The maximum Gasteiger partial charge on any atom is 0.241 e. The minimum Gasteiger partial charge on any atom is -0.285 e. The molecule has 0 aromatic heterocycles. The Morgan fingerprint density at radius 2 is 2.00 bits per heavy atom. The topological polar surface area (TPSA) is 63.2 Å². The van der Waals surface area contributed by atoms with Gasteiger partial charge in [-0.3, -0.25) is 4.79 Å². The summed E-state index contributed by atoms with van der Waals surface area (Å²) in [6.07, 6.45) is 0.563. The van der Waals surface area contributed by atoms with Crippen LogP contribution in [0.4, 0.5) is 0 Å². The molecule has 0 spiro atoms. The van der Waals surface area contributed by atoms with Gasteiger partial charge in [-0.1, -0.05) is 17.8 Å². The Hall–Kier alpha value is -0.850. The van der Waals surface area contributed by atoms with Crippen LogP contribution in [0.1, 0.15) is 17.5 Å². The lowest BCUT2D eigenvalue weighted by atomic mass is 10.1. The summed E-state index contributed by atoms with van der Waals surface area (Å²) >= 11 is 1.18. The van der Waals surface area contributed by atoms with Gasteiger partial charge in [0.2, 0.25) is 15.1 Å². The Labute approximate surface area is 111 Å². The Balaban J connectivity index is 2.25. The van der Waals surface area contributed by atoms with Crippen LogP contribution in [0, 0.1) is 13.8 Å². The van der Waals surface area contributed by atoms with E-state index in [2.05, 4.69) is 4.72 Å². The van der Waals surface area contributed by atoms with Crippen molar-refractivity contribution in [2.45, 2.75) is 31.2 Å². The van der Waals surface area contributed by atoms with Crippen LogP contribution >= 0.6 is 11.8 Å². The van der Waals surface area contributed by atoms with Crippen LogP contribution in [0.3, 0.4) is 0 Å². The van der Waals surface area contributed by atoms with Gasteiger partial charge in [-0.25, -0.2) is 8.42 Å². The largest absolute Gasteiger partial charge is 0.285 e. The fourth-order valence-corrected chi connectivity index (χ4v) is 4.06. The summed E-state index contributed by atoms with van der Waals surface area (Å²) < 4.78 is 26.7. The quantitative estimate of drug-likeness (QED) is 0.916. The molecule has 1 aromatic carbocycles. The first-order chi connectivity index (χ1) is 8.40. The number of hydrogen-bond acceptors (Lipinski definition) is 4. The highest BCUT2D eigenvalue weighted by atomic mass is 32.2. The fraction of sp³-hybridized carbons (Fsp3) is 0.417. The second kappa shape index (κ2) is 5.03. The van der Waals surface area contributed by atoms with E-state index in [4.69, 9.17) is 0 Å². The van der Waals surface area contributed by atoms with E-state index in [0.29, 0.717) is 12.2 Å². The van der Waals surface area contributed by atoms with Crippen molar-refractivity contribution < 1.29 is 13.2 Å². The molecule has 1 N–H and O–H groups in total. The van der Waals surface area contributed by atoms with E-state index in [0.717, 1.165) is 11.1 Å². The van der Waals surface area contributed by atoms with E-state index in [9.17, 15) is 13.2 Å². The zero-order valence-corrected chi connectivity index (χ0v) is 11.9. The highest BCUT2D eigenvalue weighted by Crippen LogP contribution is 2.22. The molecule has 1 aliphatic heterocycles. The predicted octanol–water partition coefficient (Wildman–Crippen LogP) is 1.61. The molecule has 0 radical (unpaired) electrons. The highest BCUT2D eigenvalue weighted by Gasteiger charge is 2.30. The number of carbonyl (C=O) groups excluding carboxylic acids is 1. The molecule has 0 bridgehead atoms. The molecule has 1 aliphatic rings. The lowest BCUT2D eigenvalue weighted by Gasteiger charge is -2.12. The maximum atomic E-state index is 12.1. The summed E-state index contributed by atoms with van der Waals surface area (Å²) in [5.41, 5.74) is 1.96. The minimum atomic E-state index is -3.60. The Morgan fingerprint density at radius 1 is 1.28 bits per heavy atom. The average molecular weight is 285 g/mol. The average Bonchev–Trinajstić information content (AvgIpc) is 2.67. The zero-order valence-electron chi connectivity index (χ0n) is 10.3. The van der Waals surface area contributed by atoms with Crippen molar-refractivity contribution in [3.8, 4) is 0 Å². The molecule has 2 rings (SSSR count). The predicted molar refractivity (Wildman–Crippen MR) is 72.1 cm³/mol. The Bertz CT molecular complexity index is 581. The molecule has 1 heterocycles. The van der Waals surface area contributed by atoms with Gasteiger partial charge < -0.3 is 0 Å². The van der Waals surface area contributed by atoms with E-state index in [-0.39, 0.29) is 10.0 Å². The van der Waals surface area contributed by atoms with Gasteiger partial charge in [-0.05, 0) is 43.5 Å². The van der Waals surface area contributed by atoms with E-state index < -0.39 is 16.1 Å². The van der Waals surface area contributed by atoms with Gasteiger partial charge in [0.1, 0.15) is 0 Å². The molecule has 0 saturated carbocycles. The minimum absolute atomic E-state index is 0.0950. The molecule has 0 aliphatic carbocycles. The van der Waals surface area contributed by atoms with Gasteiger partial charge in [-0.2, -0.15) is 4.72 Å². The van der Waals surface area contributed by atoms with E-state index in [1.807, 2.05) is 13.8 Å². The number of rotatable bonds is 3. The van der Waals surface area contributed by atoms with Gasteiger partial charge in [0.25, 0.3) is 0 Å². The first-order valence-electron chi connectivity index (χ1n) is 5.66. The maximum absolute atomic E-state index is 12.1. The van der Waals surface area contributed by atoms with E-state index >= 15 is 0 Å². The lowest BCUT2D eigenvalue weighted by molar-refractivity contribution is -0.111. The monoisotopic (exact) mass is 285 g/mol. The van der Waals surface area contributed by atoms with Crippen LogP contribution < -0.4 is 4.72 Å². The number of sulfonamides is 1. The molecule has 1 atom stereocenters. The van der Waals surface area contributed by atoms with Crippen molar-refractivity contribution in [2.75, 3.05) is 5.75 Å². The highest BCUT2D eigenvalue weighted by molar-refractivity contribution is 8.14. The van der Waals surface area contributed by atoms with Crippen molar-refractivity contribution in [1.82, 2.24) is 4.72 Å². The van der Waals surface area contributed by atoms with Crippen LogP contribution in [0.5, 0.6) is 0 Å². The number of thioether (sulfide) groups is 1. The van der Waals surface area contributed by atoms with Gasteiger partial charge in [0, 0.05) is 5.75 Å². The van der Waals surface area contributed by atoms with E-state index in [1.54, 1.807) is 18.2 Å². The Kier molecular flexibility index (Phi) is 3.79. The van der Waals surface area contributed by atoms with Crippen molar-refractivity contribution in [1.29, 1.82) is 0 Å². The van der Waals surface area contributed by atoms with Crippen LogP contribution in [-0.2, 0) is 14.8 Å². The molecule has 18 heavy (non-hydrogen) atoms. The lowest BCUT2D eigenvalue weighted by Crippen LogP contribution is -2.37. The number of benzene rings is 1. The van der Waals surface area contributed by atoms with Crippen LogP contribution in [0.2, 0.25) is 0 Å². The van der Waals surface area contributed by atoms with Crippen LogP contribution in [0.15, 0.2) is 23.1 Å². The van der Waals surface area contributed by atoms with Crippen LogP contribution in [-0.4, -0.2) is 25.3 Å². The van der Waals surface area contributed by atoms with Gasteiger partial charge in [-0.15, -0.1) is 0 Å². The number of nitrogens with one attached hydrogen (secondary N) is 1. The summed E-state index contributed by atoms with van der Waals surface area (Å²) in [5.74, 6) is 0.680. The van der Waals surface area contributed by atoms with Crippen molar-refractivity contribution in [2.24, 2.45) is 0 Å². The summed E-state index contributed by atoms with van der Waals surface area (Å²) in [4.78, 5) is 11.7. The van der Waals surface area contributed by atoms with Gasteiger partial charge in [0.15, 0.2) is 0 Å². The SMILES string of the molecule is Cc1ccc(S(=O)(=O)N[C@H]2CCSC2=O)cc1C. The zero-order chi connectivity index (χ0) is 13.3. The summed E-state index contributed by atoms with van der Waals surface area (Å²) in [6.45, 7) is 3.79. The standard InChI is InChI=1S/C12H15NO3S2/c1-8-3-4-10(7-9(8)2)18(15,16)13-11-5-6-17-12(11)14/h3-4,7,11,13H,5-6H2,1-2H3/t11-/m0/s1. The normalized spacial score (nSPS) is 20.3. The van der Waals surface area contributed by atoms with E-state index in [1.165, 1.54) is 11.8 Å². The molecule has 1 fully saturated rings. The first kappa shape index (κ1) is 13.6. The van der Waals surface area contributed by atoms with Crippen LogP contribution in [0.25, 0.3) is 0 Å². The van der Waals surface area contributed by atoms with Gasteiger partial charge >= 0.3 is 0 Å². The third-order valence-electron chi connectivity index (χ3n) is 3.02. The number of carbonyl (C=O) groups is 1. The second-order valence-corrected chi connectivity index (χ2v) is 7.19. The third kappa shape index (κ3) is 2.76. The molecular weight excluding hydrogens is 270 g/mol. The molecule has 1 aromatic rings. The molecule has 1 saturated heterocycles. The smallest absolute Gasteiger partial charge is 0.241 e. The molecular formula is C12H15NO3S2. The molecule has 4 nitrogen and oxygen atoms in total. The van der Waals surface area contributed by atoms with Gasteiger partial charge in [0.05, 0.1) is 10.9 Å². The Morgan fingerprint density at radius 3 is 2.56 bits per heavy atom. The summed E-state index contributed by atoms with van der Waals surface area (Å²) in [7, 11) is -3.60. The molecule has 0 unspecified atom stereocenters. The summed E-state index contributed by atoms with van der Waals surface area (Å²) in [5, 5.41) is -0.0950.